The molecule has 1 amide bonds. The summed E-state index contributed by atoms with van der Waals surface area (Å²) in [6, 6.07) is 7.80. The molecule has 0 saturated carbocycles. The van der Waals surface area contributed by atoms with Gasteiger partial charge in [0.2, 0.25) is 0 Å². The van der Waals surface area contributed by atoms with Crippen LogP contribution in [0.2, 0.25) is 0 Å². The first-order valence-corrected chi connectivity index (χ1v) is 8.86. The smallest absolute Gasteiger partial charge is 0.270 e. The molecule has 0 aliphatic heterocycles. The number of ether oxygens (including phenoxy) is 1. The minimum Gasteiger partial charge on any atom is -0.495 e. The van der Waals surface area contributed by atoms with Crippen molar-refractivity contribution in [3.05, 3.63) is 57.6 Å². The van der Waals surface area contributed by atoms with Crippen LogP contribution in [0.25, 0.3) is 0 Å². The number of nitro groups is 1. The summed E-state index contributed by atoms with van der Waals surface area (Å²) in [7, 11) is -1.35. The minimum absolute atomic E-state index is 0.0412. The van der Waals surface area contributed by atoms with Crippen LogP contribution >= 0.6 is 0 Å². The van der Waals surface area contributed by atoms with Crippen molar-refractivity contribution in [2.45, 2.75) is 11.8 Å². The fourth-order valence-corrected chi connectivity index (χ4v) is 3.59. The van der Waals surface area contributed by atoms with Crippen molar-refractivity contribution >= 4 is 27.3 Å². The molecule has 0 aliphatic carbocycles. The second-order valence-corrected chi connectivity index (χ2v) is 6.96. The van der Waals surface area contributed by atoms with Crippen LogP contribution in [0.1, 0.15) is 15.9 Å². The van der Waals surface area contributed by atoms with Crippen molar-refractivity contribution in [2.24, 2.45) is 0 Å². The number of sulfonamides is 1. The summed E-state index contributed by atoms with van der Waals surface area (Å²) in [6.45, 7) is 1.52. The summed E-state index contributed by atoms with van der Waals surface area (Å²) >= 11 is 0. The van der Waals surface area contributed by atoms with E-state index >= 15 is 0 Å². The van der Waals surface area contributed by atoms with Gasteiger partial charge >= 0.3 is 0 Å². The molecule has 0 bridgehead atoms. The van der Waals surface area contributed by atoms with E-state index in [0.717, 1.165) is 6.07 Å². The number of methoxy groups -OCH3 is 1. The third kappa shape index (κ3) is 3.91. The Morgan fingerprint density at radius 2 is 1.88 bits per heavy atom. The molecule has 2 aromatic rings. The van der Waals surface area contributed by atoms with Gasteiger partial charge in [-0.3, -0.25) is 19.6 Å². The fraction of sp³-hybridized carbons (Fsp3) is 0.188. The fourth-order valence-electron chi connectivity index (χ4n) is 2.26. The van der Waals surface area contributed by atoms with Crippen LogP contribution < -0.4 is 14.8 Å². The van der Waals surface area contributed by atoms with E-state index in [9.17, 15) is 23.3 Å². The third-order valence-corrected chi connectivity index (χ3v) is 5.11. The number of aryl methyl sites for hydroxylation is 1. The SMILES string of the molecule is CNC(=O)c1ccc(OC)c(NS(=O)(=O)c2cc([N+](=O)[O-])ccc2C)c1. The van der Waals surface area contributed by atoms with Crippen molar-refractivity contribution < 1.29 is 22.9 Å². The van der Waals surface area contributed by atoms with Crippen LogP contribution in [0.5, 0.6) is 5.75 Å². The van der Waals surface area contributed by atoms with E-state index in [0.29, 0.717) is 5.56 Å². The minimum atomic E-state index is -4.15. The van der Waals surface area contributed by atoms with E-state index < -0.39 is 20.9 Å². The highest BCUT2D eigenvalue weighted by atomic mass is 32.2. The molecule has 0 aliphatic rings. The van der Waals surface area contributed by atoms with Crippen LogP contribution in [-0.4, -0.2) is 33.4 Å². The highest BCUT2D eigenvalue weighted by Crippen LogP contribution is 2.30. The number of hydrogen-bond donors (Lipinski definition) is 2. The Labute approximate surface area is 150 Å². The largest absolute Gasteiger partial charge is 0.495 e. The van der Waals surface area contributed by atoms with Crippen LogP contribution in [0.3, 0.4) is 0 Å². The Morgan fingerprint density at radius 1 is 1.19 bits per heavy atom. The molecule has 10 heteroatoms. The van der Waals surface area contributed by atoms with Gasteiger partial charge in [-0.2, -0.15) is 0 Å². The summed E-state index contributed by atoms with van der Waals surface area (Å²) in [5, 5.41) is 13.4. The van der Waals surface area contributed by atoms with Gasteiger partial charge in [0.05, 0.1) is 22.6 Å². The van der Waals surface area contributed by atoms with Gasteiger partial charge in [0.25, 0.3) is 21.6 Å². The Kier molecular flexibility index (Phi) is 5.46. The van der Waals surface area contributed by atoms with Crippen LogP contribution in [-0.2, 0) is 10.0 Å². The molecule has 0 fully saturated rings. The zero-order chi connectivity index (χ0) is 19.5. The number of nitro benzene ring substituents is 1. The number of benzene rings is 2. The summed E-state index contributed by atoms with van der Waals surface area (Å²) in [6.07, 6.45) is 0. The number of rotatable bonds is 6. The quantitative estimate of drug-likeness (QED) is 0.584. The van der Waals surface area contributed by atoms with E-state index in [1.165, 1.54) is 51.4 Å². The lowest BCUT2D eigenvalue weighted by Gasteiger charge is -2.14. The average molecular weight is 379 g/mol. The molecule has 2 rings (SSSR count). The van der Waals surface area contributed by atoms with E-state index in [4.69, 9.17) is 4.74 Å². The highest BCUT2D eigenvalue weighted by Gasteiger charge is 2.22. The Morgan fingerprint density at radius 3 is 2.46 bits per heavy atom. The first-order valence-electron chi connectivity index (χ1n) is 7.37. The van der Waals surface area contributed by atoms with Crippen molar-refractivity contribution in [3.63, 3.8) is 0 Å². The van der Waals surface area contributed by atoms with Crippen molar-refractivity contribution in [3.8, 4) is 5.75 Å². The van der Waals surface area contributed by atoms with Crippen LogP contribution in [0.4, 0.5) is 11.4 Å². The van der Waals surface area contributed by atoms with E-state index in [-0.39, 0.29) is 27.6 Å². The lowest BCUT2D eigenvalue weighted by molar-refractivity contribution is -0.385. The maximum Gasteiger partial charge on any atom is 0.270 e. The van der Waals surface area contributed by atoms with Gasteiger partial charge in [-0.1, -0.05) is 6.07 Å². The zero-order valence-corrected chi connectivity index (χ0v) is 15.1. The standard InChI is InChI=1S/C16H17N3O6S/c1-10-4-6-12(19(21)22)9-15(10)26(23,24)18-13-8-11(16(20)17-2)5-7-14(13)25-3/h4-9,18H,1-3H3,(H,17,20). The highest BCUT2D eigenvalue weighted by molar-refractivity contribution is 7.92. The number of carbonyl (C=O) groups excluding carboxylic acids is 1. The number of amides is 1. The third-order valence-electron chi connectivity index (χ3n) is 3.61. The summed E-state index contributed by atoms with van der Waals surface area (Å²) in [5.74, 6) is -0.205. The van der Waals surface area contributed by atoms with Crippen LogP contribution in [0, 0.1) is 17.0 Å². The predicted molar refractivity (Wildman–Crippen MR) is 95.0 cm³/mol. The van der Waals surface area contributed by atoms with Gasteiger partial charge in [0, 0.05) is 24.7 Å². The molecule has 0 radical (unpaired) electrons. The normalized spacial score (nSPS) is 10.9. The molecule has 0 saturated heterocycles. The maximum atomic E-state index is 12.7. The summed E-state index contributed by atoms with van der Waals surface area (Å²) < 4.78 is 32.9. The molecule has 0 aromatic heterocycles. The summed E-state index contributed by atoms with van der Waals surface area (Å²) in [4.78, 5) is 21.8. The first kappa shape index (κ1) is 19.2. The molecule has 0 spiro atoms. The number of hydrogen-bond acceptors (Lipinski definition) is 6. The second kappa shape index (κ2) is 7.40. The molecule has 26 heavy (non-hydrogen) atoms. The van der Waals surface area contributed by atoms with E-state index in [1.54, 1.807) is 0 Å². The Balaban J connectivity index is 2.51. The molecule has 0 heterocycles. The molecule has 0 unspecified atom stereocenters. The Bertz CT molecular complexity index is 972. The molecule has 9 nitrogen and oxygen atoms in total. The molecular weight excluding hydrogens is 362 g/mol. The van der Waals surface area contributed by atoms with Gasteiger partial charge in [0.15, 0.2) is 0 Å². The van der Waals surface area contributed by atoms with Crippen molar-refractivity contribution in [2.75, 3.05) is 18.9 Å². The number of nitrogens with zero attached hydrogens (tertiary/aromatic N) is 1. The molecular formula is C16H17N3O6S. The zero-order valence-electron chi connectivity index (χ0n) is 14.3. The predicted octanol–water partition coefficient (Wildman–Crippen LogP) is 2.07. The number of nitrogens with one attached hydrogen (secondary N) is 2. The van der Waals surface area contributed by atoms with E-state index in [2.05, 4.69) is 10.0 Å². The van der Waals surface area contributed by atoms with E-state index in [1.807, 2.05) is 0 Å². The number of carbonyl (C=O) groups is 1. The number of anilines is 1. The topological polar surface area (TPSA) is 128 Å². The van der Waals surface area contributed by atoms with Crippen LogP contribution in [0.15, 0.2) is 41.3 Å². The van der Waals surface area contributed by atoms with Gasteiger partial charge in [0.1, 0.15) is 5.75 Å². The number of non-ortho nitro benzene ring substituents is 1. The second-order valence-electron chi connectivity index (χ2n) is 5.31. The molecule has 0 atom stereocenters. The lowest BCUT2D eigenvalue weighted by Crippen LogP contribution is -2.19. The van der Waals surface area contributed by atoms with Gasteiger partial charge in [-0.15, -0.1) is 0 Å². The van der Waals surface area contributed by atoms with Gasteiger partial charge in [-0.05, 0) is 30.7 Å². The van der Waals surface area contributed by atoms with Crippen molar-refractivity contribution in [1.29, 1.82) is 0 Å². The maximum absolute atomic E-state index is 12.7. The summed E-state index contributed by atoms with van der Waals surface area (Å²) in [5.41, 5.74) is 0.257. The molecule has 138 valence electrons. The Hall–Kier alpha value is -3.14. The molecule has 2 aromatic carbocycles. The monoisotopic (exact) mass is 379 g/mol. The average Bonchev–Trinajstić information content (AvgIpc) is 2.60. The van der Waals surface area contributed by atoms with Gasteiger partial charge < -0.3 is 10.1 Å². The first-order chi connectivity index (χ1) is 12.2. The molecule has 2 N–H and O–H groups in total. The lowest BCUT2D eigenvalue weighted by atomic mass is 10.2. The van der Waals surface area contributed by atoms with Gasteiger partial charge in [-0.25, -0.2) is 8.42 Å². The van der Waals surface area contributed by atoms with Crippen molar-refractivity contribution in [1.82, 2.24) is 5.32 Å².